The summed E-state index contributed by atoms with van der Waals surface area (Å²) in [6.45, 7) is -0.0992. The number of methoxy groups -OCH3 is 3. The molecule has 0 radical (unpaired) electrons. The van der Waals surface area contributed by atoms with Crippen LogP contribution in [0.3, 0.4) is 0 Å². The molecular weight excluding hydrogens is 316 g/mol. The molecule has 23 heavy (non-hydrogen) atoms. The van der Waals surface area contributed by atoms with Gasteiger partial charge in [-0.3, -0.25) is 0 Å². The molecule has 0 aliphatic heterocycles. The predicted molar refractivity (Wildman–Crippen MR) is 90.9 cm³/mol. The van der Waals surface area contributed by atoms with Crippen molar-refractivity contribution < 1.29 is 19.3 Å². The van der Waals surface area contributed by atoms with E-state index in [9.17, 15) is 5.11 Å². The molecule has 0 heterocycles. The van der Waals surface area contributed by atoms with Gasteiger partial charge in [-0.1, -0.05) is 23.7 Å². The van der Waals surface area contributed by atoms with E-state index in [1.54, 1.807) is 27.4 Å². The Balaban J connectivity index is 2.29. The van der Waals surface area contributed by atoms with Crippen LogP contribution in [-0.4, -0.2) is 26.4 Å². The minimum absolute atomic E-state index is 0.0992. The molecule has 0 unspecified atom stereocenters. The van der Waals surface area contributed by atoms with Crippen LogP contribution in [0.1, 0.15) is 16.7 Å². The van der Waals surface area contributed by atoms with Crippen molar-refractivity contribution in [2.75, 3.05) is 21.3 Å². The maximum absolute atomic E-state index is 9.62. The molecule has 0 aromatic heterocycles. The Labute approximate surface area is 141 Å². The van der Waals surface area contributed by atoms with Crippen molar-refractivity contribution >= 4 is 11.6 Å². The minimum Gasteiger partial charge on any atom is -0.497 e. The predicted octanol–water partition coefficient (Wildman–Crippen LogP) is 3.64. The van der Waals surface area contributed by atoms with E-state index in [0.717, 1.165) is 23.3 Å². The molecule has 124 valence electrons. The SMILES string of the molecule is COc1ccc(CCc2c(CO)cc(Cl)c(OC)c2OC)cc1. The Hall–Kier alpha value is -1.91. The third-order valence-corrected chi connectivity index (χ3v) is 4.07. The first kappa shape index (κ1) is 17.4. The van der Waals surface area contributed by atoms with Gasteiger partial charge < -0.3 is 19.3 Å². The summed E-state index contributed by atoms with van der Waals surface area (Å²) >= 11 is 6.18. The number of ether oxygens (including phenoxy) is 3. The first-order valence-corrected chi connectivity index (χ1v) is 7.68. The second-order valence-corrected chi connectivity index (χ2v) is 5.48. The van der Waals surface area contributed by atoms with Crippen LogP contribution in [0.15, 0.2) is 30.3 Å². The minimum atomic E-state index is -0.0992. The van der Waals surface area contributed by atoms with Crippen LogP contribution in [0.25, 0.3) is 0 Å². The number of halogens is 1. The van der Waals surface area contributed by atoms with Crippen LogP contribution in [0.4, 0.5) is 0 Å². The van der Waals surface area contributed by atoms with Gasteiger partial charge in [-0.2, -0.15) is 0 Å². The number of hydrogen-bond donors (Lipinski definition) is 1. The fourth-order valence-electron chi connectivity index (χ4n) is 2.58. The highest BCUT2D eigenvalue weighted by Crippen LogP contribution is 2.40. The zero-order valence-electron chi connectivity index (χ0n) is 13.6. The molecule has 0 amide bonds. The largest absolute Gasteiger partial charge is 0.497 e. The third kappa shape index (κ3) is 3.89. The fraction of sp³-hybridized carbons (Fsp3) is 0.333. The molecule has 0 aliphatic carbocycles. The average Bonchev–Trinajstić information content (AvgIpc) is 2.59. The Morgan fingerprint density at radius 1 is 0.913 bits per heavy atom. The maximum atomic E-state index is 9.62. The van der Waals surface area contributed by atoms with Gasteiger partial charge in [0.1, 0.15) is 5.75 Å². The van der Waals surface area contributed by atoms with E-state index in [0.29, 0.717) is 22.9 Å². The van der Waals surface area contributed by atoms with Crippen molar-refractivity contribution in [3.8, 4) is 17.2 Å². The molecule has 0 fully saturated rings. The van der Waals surface area contributed by atoms with Crippen LogP contribution >= 0.6 is 11.6 Å². The third-order valence-electron chi connectivity index (χ3n) is 3.79. The van der Waals surface area contributed by atoms with E-state index in [-0.39, 0.29) is 6.61 Å². The molecule has 5 heteroatoms. The number of aliphatic hydroxyl groups is 1. The lowest BCUT2D eigenvalue weighted by atomic mass is 9.98. The van der Waals surface area contributed by atoms with Crippen molar-refractivity contribution in [1.82, 2.24) is 0 Å². The molecule has 0 saturated heterocycles. The van der Waals surface area contributed by atoms with Crippen molar-refractivity contribution in [3.63, 3.8) is 0 Å². The molecule has 0 bridgehead atoms. The molecular formula is C18H21ClO4. The van der Waals surface area contributed by atoms with Gasteiger partial charge in [0.25, 0.3) is 0 Å². The highest BCUT2D eigenvalue weighted by atomic mass is 35.5. The molecule has 4 nitrogen and oxygen atoms in total. The quantitative estimate of drug-likeness (QED) is 0.838. The highest BCUT2D eigenvalue weighted by Gasteiger charge is 2.18. The number of rotatable bonds is 7. The molecule has 2 rings (SSSR count). The van der Waals surface area contributed by atoms with Gasteiger partial charge in [0.15, 0.2) is 11.5 Å². The van der Waals surface area contributed by atoms with Crippen LogP contribution < -0.4 is 14.2 Å². The zero-order valence-corrected chi connectivity index (χ0v) is 14.3. The lowest BCUT2D eigenvalue weighted by molar-refractivity contribution is 0.278. The summed E-state index contributed by atoms with van der Waals surface area (Å²) in [6, 6.07) is 9.64. The summed E-state index contributed by atoms with van der Waals surface area (Å²) in [5.74, 6) is 1.91. The zero-order chi connectivity index (χ0) is 16.8. The van der Waals surface area contributed by atoms with E-state index in [2.05, 4.69) is 0 Å². The van der Waals surface area contributed by atoms with Crippen molar-refractivity contribution in [3.05, 3.63) is 52.0 Å². The summed E-state index contributed by atoms with van der Waals surface area (Å²) in [4.78, 5) is 0. The Morgan fingerprint density at radius 3 is 2.09 bits per heavy atom. The van der Waals surface area contributed by atoms with Gasteiger partial charge in [0, 0.05) is 5.56 Å². The summed E-state index contributed by atoms with van der Waals surface area (Å²) in [5, 5.41) is 10.1. The molecule has 0 saturated carbocycles. The van der Waals surface area contributed by atoms with Gasteiger partial charge in [-0.05, 0) is 42.2 Å². The van der Waals surface area contributed by atoms with E-state index >= 15 is 0 Å². The number of benzene rings is 2. The first-order valence-electron chi connectivity index (χ1n) is 7.30. The summed E-state index contributed by atoms with van der Waals surface area (Å²) in [6.07, 6.45) is 1.51. The smallest absolute Gasteiger partial charge is 0.179 e. The normalized spacial score (nSPS) is 10.5. The van der Waals surface area contributed by atoms with E-state index in [1.165, 1.54) is 5.56 Å². The van der Waals surface area contributed by atoms with Crippen LogP contribution in [0, 0.1) is 0 Å². The van der Waals surface area contributed by atoms with Gasteiger partial charge in [0.05, 0.1) is 33.0 Å². The standard InChI is InChI=1S/C18H21ClO4/c1-21-14-7-4-12(5-8-14)6-9-15-13(11-20)10-16(19)18(23-3)17(15)22-2/h4-5,7-8,10,20H,6,9,11H2,1-3H3. The molecule has 1 N–H and O–H groups in total. The average molecular weight is 337 g/mol. The van der Waals surface area contributed by atoms with E-state index in [1.807, 2.05) is 24.3 Å². The van der Waals surface area contributed by atoms with Gasteiger partial charge in [-0.25, -0.2) is 0 Å². The Morgan fingerprint density at radius 2 is 1.57 bits per heavy atom. The molecule has 2 aromatic rings. The highest BCUT2D eigenvalue weighted by molar-refractivity contribution is 6.32. The van der Waals surface area contributed by atoms with E-state index < -0.39 is 0 Å². The summed E-state index contributed by atoms with van der Waals surface area (Å²) in [7, 11) is 4.77. The molecule has 2 aromatic carbocycles. The Kier molecular flexibility index (Phi) is 6.13. The number of hydrogen-bond acceptors (Lipinski definition) is 4. The lowest BCUT2D eigenvalue weighted by Gasteiger charge is -2.17. The van der Waals surface area contributed by atoms with Gasteiger partial charge in [0.2, 0.25) is 0 Å². The topological polar surface area (TPSA) is 47.9 Å². The van der Waals surface area contributed by atoms with E-state index in [4.69, 9.17) is 25.8 Å². The molecule has 0 aliphatic rings. The van der Waals surface area contributed by atoms with Crippen molar-refractivity contribution in [2.24, 2.45) is 0 Å². The number of aliphatic hydroxyl groups excluding tert-OH is 1. The number of aryl methyl sites for hydroxylation is 1. The molecule has 0 atom stereocenters. The van der Waals surface area contributed by atoms with Crippen molar-refractivity contribution in [2.45, 2.75) is 19.4 Å². The second kappa shape index (κ2) is 8.09. The van der Waals surface area contributed by atoms with Crippen molar-refractivity contribution in [1.29, 1.82) is 0 Å². The van der Waals surface area contributed by atoms with Gasteiger partial charge >= 0.3 is 0 Å². The first-order chi connectivity index (χ1) is 11.1. The van der Waals surface area contributed by atoms with Crippen LogP contribution in [-0.2, 0) is 19.4 Å². The van der Waals surface area contributed by atoms with Crippen LogP contribution in [0.2, 0.25) is 5.02 Å². The summed E-state index contributed by atoms with van der Waals surface area (Å²) < 4.78 is 16.0. The second-order valence-electron chi connectivity index (χ2n) is 5.07. The molecule has 0 spiro atoms. The maximum Gasteiger partial charge on any atom is 0.179 e. The summed E-state index contributed by atoms with van der Waals surface area (Å²) in [5.41, 5.74) is 2.83. The monoisotopic (exact) mass is 336 g/mol. The lowest BCUT2D eigenvalue weighted by Crippen LogP contribution is -2.04. The fourth-order valence-corrected chi connectivity index (χ4v) is 2.87. The Bertz CT molecular complexity index is 653. The van der Waals surface area contributed by atoms with Crippen LogP contribution in [0.5, 0.6) is 17.2 Å². The van der Waals surface area contributed by atoms with Gasteiger partial charge in [-0.15, -0.1) is 0 Å².